The lowest BCUT2D eigenvalue weighted by Gasteiger charge is -2.14. The Morgan fingerprint density at radius 2 is 0.984 bits per heavy atom. The van der Waals surface area contributed by atoms with E-state index in [1.807, 2.05) is 6.07 Å². The number of aldehydes is 1. The maximum atomic E-state index is 12.4. The van der Waals surface area contributed by atoms with Crippen LogP contribution in [0.4, 0.5) is 0 Å². The van der Waals surface area contributed by atoms with Crippen LogP contribution in [-0.4, -0.2) is 143 Å². The number of aliphatic carboxylic acids is 2. The van der Waals surface area contributed by atoms with E-state index in [9.17, 15) is 48.6 Å². The highest BCUT2D eigenvalue weighted by Gasteiger charge is 2.22. The minimum Gasteiger partial charge on any atom is -0.480 e. The number of nitrogens with one attached hydrogen (secondary N) is 5. The Hall–Kier alpha value is -4.98. The van der Waals surface area contributed by atoms with Crippen LogP contribution in [0.15, 0.2) is 30.3 Å². The summed E-state index contributed by atoms with van der Waals surface area (Å²) in [6.07, 6.45) is 9.03. The van der Waals surface area contributed by atoms with Gasteiger partial charge in [-0.2, -0.15) is 0 Å². The minimum atomic E-state index is -1.21. The summed E-state index contributed by atoms with van der Waals surface area (Å²) >= 11 is 0. The molecule has 0 aromatic heterocycles. The van der Waals surface area contributed by atoms with E-state index in [1.54, 1.807) is 24.3 Å². The summed E-state index contributed by atoms with van der Waals surface area (Å²) in [6, 6.07) is 6.68. The standard InChI is InChI=1S/C42H67N5O14/c48-23-26-60-28-27-58-25-22-45-40(53)32-61-30-29-59-24-21-44-37(50)19-16-34(41(54)55)46-38(51)15-11-6-4-2-1-3-5-7-12-20-43-36(49)18-17-35(42(56)57)47-39(52)31-33-13-9-8-10-14-33/h8-10,13-14,23,34-35H,1-7,11-12,15-22,24-32H2,(H,43,49)(H,44,50)(H,45,53)(H,46,51)(H,47,52)(H,54,55)(H,56,57)/t34-,35-/m0/s1. The van der Waals surface area contributed by atoms with Gasteiger partial charge in [-0.15, -0.1) is 0 Å². The van der Waals surface area contributed by atoms with Crippen LogP contribution in [0.1, 0.15) is 95.5 Å². The predicted molar refractivity (Wildman–Crippen MR) is 222 cm³/mol. The number of hydrogen-bond donors (Lipinski definition) is 7. The van der Waals surface area contributed by atoms with Gasteiger partial charge in [0.25, 0.3) is 0 Å². The number of unbranched alkanes of at least 4 members (excludes halogenated alkanes) is 8. The van der Waals surface area contributed by atoms with Gasteiger partial charge in [-0.3, -0.25) is 24.0 Å². The van der Waals surface area contributed by atoms with E-state index in [-0.39, 0.29) is 102 Å². The quantitative estimate of drug-likeness (QED) is 0.0364. The summed E-state index contributed by atoms with van der Waals surface area (Å²) in [7, 11) is 0. The second-order valence-electron chi connectivity index (χ2n) is 14.2. The molecule has 19 heteroatoms. The van der Waals surface area contributed by atoms with Crippen molar-refractivity contribution in [2.75, 3.05) is 72.5 Å². The average Bonchev–Trinajstić information content (AvgIpc) is 3.23. The Balaban J connectivity index is 1.99. The molecule has 0 aliphatic rings. The second kappa shape index (κ2) is 36.8. The fourth-order valence-electron chi connectivity index (χ4n) is 5.72. The van der Waals surface area contributed by atoms with Crippen LogP contribution >= 0.6 is 0 Å². The molecule has 1 aromatic rings. The van der Waals surface area contributed by atoms with Gasteiger partial charge in [0, 0.05) is 38.9 Å². The van der Waals surface area contributed by atoms with Crippen molar-refractivity contribution in [3.63, 3.8) is 0 Å². The number of hydrogen-bond acceptors (Lipinski definition) is 12. The molecule has 0 aliphatic carbocycles. The number of amides is 5. The Morgan fingerprint density at radius 1 is 0.508 bits per heavy atom. The molecule has 0 unspecified atom stereocenters. The van der Waals surface area contributed by atoms with Gasteiger partial charge >= 0.3 is 11.9 Å². The Labute approximate surface area is 358 Å². The highest BCUT2D eigenvalue weighted by molar-refractivity contribution is 5.86. The van der Waals surface area contributed by atoms with E-state index in [4.69, 9.17) is 18.9 Å². The van der Waals surface area contributed by atoms with E-state index in [0.29, 0.717) is 45.6 Å². The maximum absolute atomic E-state index is 12.4. The first kappa shape index (κ1) is 54.0. The number of carbonyl (C=O) groups is 8. The third-order valence-corrected chi connectivity index (χ3v) is 9.00. The first-order valence-corrected chi connectivity index (χ1v) is 21.1. The van der Waals surface area contributed by atoms with Gasteiger partial charge in [0.2, 0.25) is 29.5 Å². The summed E-state index contributed by atoms with van der Waals surface area (Å²) in [4.78, 5) is 94.0. The molecule has 0 aliphatic heterocycles. The van der Waals surface area contributed by atoms with Crippen LogP contribution in [0.5, 0.6) is 0 Å². The fourth-order valence-corrected chi connectivity index (χ4v) is 5.72. The molecule has 7 N–H and O–H groups in total. The van der Waals surface area contributed by atoms with E-state index >= 15 is 0 Å². The minimum absolute atomic E-state index is 0.00346. The lowest BCUT2D eigenvalue weighted by Crippen LogP contribution is -2.42. The first-order valence-electron chi connectivity index (χ1n) is 21.1. The number of carboxylic acids is 2. The van der Waals surface area contributed by atoms with Crippen molar-refractivity contribution in [1.82, 2.24) is 26.6 Å². The van der Waals surface area contributed by atoms with Gasteiger partial charge in [0.1, 0.15) is 31.6 Å². The van der Waals surface area contributed by atoms with Crippen LogP contribution in [0.2, 0.25) is 0 Å². The fraction of sp³-hybridized carbons (Fsp3) is 0.667. The van der Waals surface area contributed by atoms with E-state index in [2.05, 4.69) is 26.6 Å². The number of benzene rings is 1. The average molecular weight is 866 g/mol. The zero-order valence-corrected chi connectivity index (χ0v) is 35.3. The molecule has 0 saturated heterocycles. The lowest BCUT2D eigenvalue weighted by molar-refractivity contribution is -0.142. The second-order valence-corrected chi connectivity index (χ2v) is 14.2. The summed E-state index contributed by atoms with van der Waals surface area (Å²) in [5.74, 6) is -4.11. The third kappa shape index (κ3) is 32.5. The number of carboxylic acid groups (broad SMARTS) is 2. The number of ether oxygens (including phenoxy) is 4. The van der Waals surface area contributed by atoms with Crippen molar-refractivity contribution in [1.29, 1.82) is 0 Å². The molecule has 19 nitrogen and oxygen atoms in total. The highest BCUT2D eigenvalue weighted by Crippen LogP contribution is 2.11. The lowest BCUT2D eigenvalue weighted by atomic mass is 10.1. The molecule has 0 saturated carbocycles. The molecule has 0 heterocycles. The van der Waals surface area contributed by atoms with Crippen molar-refractivity contribution >= 4 is 47.8 Å². The zero-order chi connectivity index (χ0) is 44.8. The summed E-state index contributed by atoms with van der Waals surface area (Å²) in [6.45, 7) is 2.33. The molecule has 1 rings (SSSR count). The molecule has 1 aromatic carbocycles. The van der Waals surface area contributed by atoms with Crippen molar-refractivity contribution < 1.29 is 67.5 Å². The summed E-state index contributed by atoms with van der Waals surface area (Å²) in [5.41, 5.74) is 0.771. The van der Waals surface area contributed by atoms with Crippen molar-refractivity contribution in [2.24, 2.45) is 0 Å². The number of carbonyl (C=O) groups excluding carboxylic acids is 6. The highest BCUT2D eigenvalue weighted by atomic mass is 16.5. The smallest absolute Gasteiger partial charge is 0.326 e. The van der Waals surface area contributed by atoms with Gasteiger partial charge in [0.15, 0.2) is 0 Å². The Bertz CT molecular complexity index is 1420. The van der Waals surface area contributed by atoms with Gasteiger partial charge in [0.05, 0.1) is 46.1 Å². The van der Waals surface area contributed by atoms with Gasteiger partial charge in [-0.05, 0) is 31.2 Å². The molecule has 61 heavy (non-hydrogen) atoms. The first-order chi connectivity index (χ1) is 29.5. The molecular weight excluding hydrogens is 798 g/mol. The molecule has 0 bridgehead atoms. The van der Waals surface area contributed by atoms with Crippen molar-refractivity contribution in [3.05, 3.63) is 35.9 Å². The molecule has 0 fully saturated rings. The monoisotopic (exact) mass is 865 g/mol. The van der Waals surface area contributed by atoms with Crippen molar-refractivity contribution in [3.8, 4) is 0 Å². The van der Waals surface area contributed by atoms with Crippen LogP contribution in [0.3, 0.4) is 0 Å². The van der Waals surface area contributed by atoms with Crippen molar-refractivity contribution in [2.45, 2.75) is 108 Å². The van der Waals surface area contributed by atoms with Crippen LogP contribution in [0, 0.1) is 0 Å². The Morgan fingerprint density at radius 3 is 1.54 bits per heavy atom. The maximum Gasteiger partial charge on any atom is 0.326 e. The molecule has 0 spiro atoms. The molecular formula is C42H67N5O14. The summed E-state index contributed by atoms with van der Waals surface area (Å²) < 4.78 is 20.8. The predicted octanol–water partition coefficient (Wildman–Crippen LogP) is 1.44. The SMILES string of the molecule is O=CCOCCOCCNC(=O)COCCOCCNC(=O)CC[C@H](NC(=O)CCCCCCCCCCCNC(=O)CC[C@H](NC(=O)Cc1ccccc1)C(=O)O)C(=O)O. The number of rotatable bonds is 40. The van der Waals surface area contributed by atoms with Gasteiger partial charge in [-0.25, -0.2) is 9.59 Å². The van der Waals surface area contributed by atoms with Gasteiger partial charge < -0.3 is 60.5 Å². The van der Waals surface area contributed by atoms with E-state index in [0.717, 1.165) is 56.9 Å². The van der Waals surface area contributed by atoms with E-state index in [1.165, 1.54) is 0 Å². The van der Waals surface area contributed by atoms with Crippen LogP contribution < -0.4 is 26.6 Å². The largest absolute Gasteiger partial charge is 0.480 e. The molecule has 0 radical (unpaired) electrons. The Kier molecular flexibility index (Phi) is 32.6. The zero-order valence-electron chi connectivity index (χ0n) is 35.3. The molecule has 2 atom stereocenters. The topological polar surface area (TPSA) is 274 Å². The van der Waals surface area contributed by atoms with E-state index < -0.39 is 29.9 Å². The normalized spacial score (nSPS) is 11.8. The molecule has 5 amide bonds. The molecule has 344 valence electrons. The summed E-state index contributed by atoms with van der Waals surface area (Å²) in [5, 5.41) is 32.0. The van der Waals surface area contributed by atoms with Crippen LogP contribution in [0.25, 0.3) is 0 Å². The van der Waals surface area contributed by atoms with Crippen LogP contribution in [-0.2, 0) is 63.7 Å². The third-order valence-electron chi connectivity index (χ3n) is 9.00. The van der Waals surface area contributed by atoms with Gasteiger partial charge in [-0.1, -0.05) is 75.3 Å².